The lowest BCUT2D eigenvalue weighted by atomic mass is 9.87. The van der Waals surface area contributed by atoms with Crippen LogP contribution >= 0.6 is 11.8 Å². The highest BCUT2D eigenvalue weighted by molar-refractivity contribution is 7.99. The third-order valence-corrected chi connectivity index (χ3v) is 3.59. The van der Waals surface area contributed by atoms with E-state index in [4.69, 9.17) is 4.74 Å². The Morgan fingerprint density at radius 2 is 1.83 bits per heavy atom. The average molecular weight is 266 g/mol. The molecule has 0 aliphatic carbocycles. The Labute approximate surface area is 114 Å². The maximum Gasteiger partial charge on any atom is 0.315 e. The molecule has 0 saturated heterocycles. The molecule has 0 aromatic heterocycles. The fourth-order valence-electron chi connectivity index (χ4n) is 1.56. The van der Waals surface area contributed by atoms with Gasteiger partial charge >= 0.3 is 5.97 Å². The lowest BCUT2D eigenvalue weighted by molar-refractivity contribution is -0.139. The molecule has 1 aromatic carbocycles. The van der Waals surface area contributed by atoms with E-state index in [9.17, 15) is 4.79 Å². The molecule has 0 fully saturated rings. The Bertz CT molecular complexity index is 376. The first kappa shape index (κ1) is 15.1. The number of benzene rings is 1. The van der Waals surface area contributed by atoms with Gasteiger partial charge < -0.3 is 4.74 Å². The zero-order chi connectivity index (χ0) is 13.6. The number of rotatable bonds is 5. The molecule has 18 heavy (non-hydrogen) atoms. The molecule has 0 aliphatic heterocycles. The van der Waals surface area contributed by atoms with E-state index in [1.165, 1.54) is 11.1 Å². The summed E-state index contributed by atoms with van der Waals surface area (Å²) in [4.78, 5) is 11.2. The number of thioether (sulfide) groups is 1. The van der Waals surface area contributed by atoms with Crippen molar-refractivity contribution in [2.24, 2.45) is 0 Å². The van der Waals surface area contributed by atoms with Crippen molar-refractivity contribution in [3.05, 3.63) is 35.4 Å². The van der Waals surface area contributed by atoms with Crippen molar-refractivity contribution >= 4 is 17.7 Å². The molecule has 0 bridgehead atoms. The van der Waals surface area contributed by atoms with Crippen LogP contribution < -0.4 is 0 Å². The van der Waals surface area contributed by atoms with E-state index in [2.05, 4.69) is 45.0 Å². The first-order chi connectivity index (χ1) is 8.43. The monoisotopic (exact) mass is 266 g/mol. The van der Waals surface area contributed by atoms with Gasteiger partial charge in [0, 0.05) is 5.75 Å². The second-order valence-corrected chi connectivity index (χ2v) is 6.23. The molecular formula is C15H22O2S. The van der Waals surface area contributed by atoms with E-state index in [1.54, 1.807) is 11.8 Å². The molecular weight excluding hydrogens is 244 g/mol. The molecule has 100 valence electrons. The van der Waals surface area contributed by atoms with Crippen LogP contribution in [0.5, 0.6) is 0 Å². The molecule has 0 unspecified atom stereocenters. The van der Waals surface area contributed by atoms with Crippen molar-refractivity contribution in [1.82, 2.24) is 0 Å². The van der Waals surface area contributed by atoms with Crippen LogP contribution in [0.25, 0.3) is 0 Å². The van der Waals surface area contributed by atoms with Gasteiger partial charge in [0.25, 0.3) is 0 Å². The van der Waals surface area contributed by atoms with Gasteiger partial charge in [-0.3, -0.25) is 4.79 Å². The minimum atomic E-state index is -0.131. The van der Waals surface area contributed by atoms with Gasteiger partial charge in [-0.15, -0.1) is 11.8 Å². The van der Waals surface area contributed by atoms with Crippen molar-refractivity contribution in [3.8, 4) is 0 Å². The molecule has 0 amide bonds. The highest BCUT2D eigenvalue weighted by atomic mass is 32.2. The van der Waals surface area contributed by atoms with Crippen molar-refractivity contribution in [1.29, 1.82) is 0 Å². The van der Waals surface area contributed by atoms with Crippen molar-refractivity contribution in [2.45, 2.75) is 38.9 Å². The van der Waals surface area contributed by atoms with E-state index >= 15 is 0 Å². The van der Waals surface area contributed by atoms with E-state index in [1.807, 2.05) is 6.92 Å². The van der Waals surface area contributed by atoms with Gasteiger partial charge in [-0.05, 0) is 23.5 Å². The summed E-state index contributed by atoms with van der Waals surface area (Å²) < 4.78 is 4.88. The lowest BCUT2D eigenvalue weighted by Crippen LogP contribution is -2.10. The highest BCUT2D eigenvalue weighted by Crippen LogP contribution is 2.23. The molecule has 0 aliphatic rings. The van der Waals surface area contributed by atoms with Crippen molar-refractivity contribution < 1.29 is 9.53 Å². The number of ether oxygens (including phenoxy) is 1. The zero-order valence-corrected chi connectivity index (χ0v) is 12.5. The summed E-state index contributed by atoms with van der Waals surface area (Å²) in [6, 6.07) is 8.61. The van der Waals surface area contributed by atoms with Crippen molar-refractivity contribution in [3.63, 3.8) is 0 Å². The second kappa shape index (κ2) is 6.83. The van der Waals surface area contributed by atoms with Crippen LogP contribution in [-0.2, 0) is 20.7 Å². The van der Waals surface area contributed by atoms with Gasteiger partial charge in [-0.1, -0.05) is 45.0 Å². The van der Waals surface area contributed by atoms with Gasteiger partial charge in [0.2, 0.25) is 0 Å². The summed E-state index contributed by atoms with van der Waals surface area (Å²) in [6.45, 7) is 8.90. The maximum absolute atomic E-state index is 11.2. The van der Waals surface area contributed by atoms with Crippen molar-refractivity contribution in [2.75, 3.05) is 12.4 Å². The number of esters is 1. The fraction of sp³-hybridized carbons (Fsp3) is 0.533. The first-order valence-corrected chi connectivity index (χ1v) is 7.41. The Hall–Kier alpha value is -0.960. The molecule has 0 saturated carbocycles. The molecule has 1 rings (SSSR count). The third-order valence-electron chi connectivity index (χ3n) is 2.61. The molecule has 3 heteroatoms. The van der Waals surface area contributed by atoms with E-state index in [0.717, 1.165) is 5.75 Å². The molecule has 0 radical (unpaired) electrons. The lowest BCUT2D eigenvalue weighted by Gasteiger charge is -2.19. The van der Waals surface area contributed by atoms with Crippen LogP contribution in [0.15, 0.2) is 24.3 Å². The highest BCUT2D eigenvalue weighted by Gasteiger charge is 2.12. The number of carbonyl (C=O) groups excluding carboxylic acids is 1. The van der Waals surface area contributed by atoms with E-state index < -0.39 is 0 Å². The predicted octanol–water partition coefficient (Wildman–Crippen LogP) is 3.78. The smallest absolute Gasteiger partial charge is 0.315 e. The van der Waals surface area contributed by atoms with E-state index in [-0.39, 0.29) is 11.4 Å². The fourth-order valence-corrected chi connectivity index (χ4v) is 2.34. The number of carbonyl (C=O) groups is 1. The van der Waals surface area contributed by atoms with Gasteiger partial charge in [0.1, 0.15) is 0 Å². The number of hydrogen-bond donors (Lipinski definition) is 0. The normalized spacial score (nSPS) is 11.3. The quantitative estimate of drug-likeness (QED) is 0.759. The third kappa shape index (κ3) is 5.13. The van der Waals surface area contributed by atoms with Gasteiger partial charge in [-0.2, -0.15) is 0 Å². The van der Waals surface area contributed by atoms with E-state index in [0.29, 0.717) is 12.4 Å². The number of hydrogen-bond acceptors (Lipinski definition) is 3. The second-order valence-electron chi connectivity index (χ2n) is 5.24. The Balaban J connectivity index is 2.42. The zero-order valence-electron chi connectivity index (χ0n) is 11.7. The largest absolute Gasteiger partial charge is 0.465 e. The van der Waals surface area contributed by atoms with Gasteiger partial charge in [0.15, 0.2) is 0 Å². The topological polar surface area (TPSA) is 26.3 Å². The Morgan fingerprint density at radius 3 is 2.33 bits per heavy atom. The summed E-state index contributed by atoms with van der Waals surface area (Å²) in [6.07, 6.45) is 0. The molecule has 0 atom stereocenters. The standard InChI is InChI=1S/C15H22O2S/c1-5-17-14(16)11-18-10-12-6-8-13(9-7-12)15(2,3)4/h6-9H,5,10-11H2,1-4H3. The summed E-state index contributed by atoms with van der Waals surface area (Å²) in [5.41, 5.74) is 2.77. The summed E-state index contributed by atoms with van der Waals surface area (Å²) in [5.74, 6) is 1.15. The van der Waals surface area contributed by atoms with Crippen LogP contribution in [0.3, 0.4) is 0 Å². The molecule has 0 spiro atoms. The minimum Gasteiger partial charge on any atom is -0.465 e. The summed E-state index contributed by atoms with van der Waals surface area (Å²) >= 11 is 1.59. The van der Waals surface area contributed by atoms with Crippen LogP contribution in [-0.4, -0.2) is 18.3 Å². The minimum absolute atomic E-state index is 0.131. The summed E-state index contributed by atoms with van der Waals surface area (Å²) in [5, 5.41) is 0. The molecule has 0 heterocycles. The Morgan fingerprint density at radius 1 is 1.22 bits per heavy atom. The first-order valence-electron chi connectivity index (χ1n) is 6.26. The SMILES string of the molecule is CCOC(=O)CSCc1ccc(C(C)(C)C)cc1. The van der Waals surface area contributed by atoms with Crippen LogP contribution in [0.2, 0.25) is 0 Å². The van der Waals surface area contributed by atoms with Gasteiger partial charge in [0.05, 0.1) is 12.4 Å². The molecule has 2 nitrogen and oxygen atoms in total. The Kier molecular flexibility index (Phi) is 5.73. The molecule has 1 aromatic rings. The average Bonchev–Trinajstić information content (AvgIpc) is 2.29. The maximum atomic E-state index is 11.2. The molecule has 0 N–H and O–H groups in total. The predicted molar refractivity (Wildman–Crippen MR) is 77.9 cm³/mol. The van der Waals surface area contributed by atoms with Crippen LogP contribution in [0.4, 0.5) is 0 Å². The summed E-state index contributed by atoms with van der Waals surface area (Å²) in [7, 11) is 0. The van der Waals surface area contributed by atoms with Crippen LogP contribution in [0, 0.1) is 0 Å². The van der Waals surface area contributed by atoms with Gasteiger partial charge in [-0.25, -0.2) is 0 Å². The van der Waals surface area contributed by atoms with Crippen LogP contribution in [0.1, 0.15) is 38.8 Å².